The van der Waals surface area contributed by atoms with E-state index in [0.717, 1.165) is 11.0 Å². The van der Waals surface area contributed by atoms with Gasteiger partial charge in [-0.3, -0.25) is 0 Å². The summed E-state index contributed by atoms with van der Waals surface area (Å²) >= 11 is -0.300. The molecule has 3 heteroatoms. The van der Waals surface area contributed by atoms with E-state index in [-0.39, 0.29) is 20.7 Å². The number of aromatic nitrogens is 1. The molecule has 0 aliphatic carbocycles. The summed E-state index contributed by atoms with van der Waals surface area (Å²) < 4.78 is 2.89. The fourth-order valence-electron chi connectivity index (χ4n) is 7.32. The first-order valence-corrected chi connectivity index (χ1v) is 18.8. The smallest absolute Gasteiger partial charge is 0.0872 e. The Morgan fingerprint density at radius 2 is 0.898 bits per heavy atom. The monoisotopic (exact) mass is 736 g/mol. The maximum atomic E-state index is 5.36. The molecule has 1 aromatic heterocycles. The second-order valence-electron chi connectivity index (χ2n) is 12.5. The number of halogens is 1. The molecule has 0 bridgehead atoms. The Morgan fingerprint density at radius 1 is 0.388 bits per heavy atom. The van der Waals surface area contributed by atoms with Crippen molar-refractivity contribution < 1.29 is 0 Å². The zero-order valence-corrected chi connectivity index (χ0v) is 28.7. The van der Waals surface area contributed by atoms with Crippen LogP contribution in [0.5, 0.6) is 0 Å². The fraction of sp³-hybridized carbons (Fsp3) is 0. The van der Waals surface area contributed by atoms with Crippen LogP contribution in [0.2, 0.25) is 0 Å². The van der Waals surface area contributed by atoms with Gasteiger partial charge in [0.05, 0.1) is 20.4 Å². The molecule has 1 aliphatic rings. The summed E-state index contributed by atoms with van der Waals surface area (Å²) in [5.41, 5.74) is 10.8. The maximum absolute atomic E-state index is 5.36. The molecule has 10 rings (SSSR count). The number of hydrogen-bond acceptors (Lipinski definition) is 2. The number of benzene rings is 8. The molecule has 0 radical (unpaired) electrons. The minimum atomic E-state index is -0.300. The van der Waals surface area contributed by atoms with Crippen LogP contribution in [0.3, 0.4) is 0 Å². The second-order valence-corrected chi connectivity index (χ2v) is 15.2. The second kappa shape index (κ2) is 11.5. The van der Waals surface area contributed by atoms with Gasteiger partial charge in [-0.2, -0.15) is 0 Å². The molecule has 1 aliphatic heterocycles. The molecule has 0 saturated heterocycles. The van der Waals surface area contributed by atoms with Crippen molar-refractivity contribution in [1.82, 2.24) is 4.98 Å². The normalized spacial score (nSPS) is 12.7. The van der Waals surface area contributed by atoms with E-state index >= 15 is 0 Å². The van der Waals surface area contributed by atoms with Crippen molar-refractivity contribution in [2.75, 3.05) is 4.90 Å². The van der Waals surface area contributed by atoms with Crippen molar-refractivity contribution in [3.05, 3.63) is 185 Å². The summed E-state index contributed by atoms with van der Waals surface area (Å²) in [5, 5.41) is 7.15. The number of pyridine rings is 1. The summed E-state index contributed by atoms with van der Waals surface area (Å²) in [5.74, 6) is 0. The highest BCUT2D eigenvalue weighted by atomic mass is 127. The number of para-hydroxylation sites is 2. The van der Waals surface area contributed by atoms with Gasteiger partial charge >= 0.3 is 0 Å². The van der Waals surface area contributed by atoms with E-state index in [2.05, 4.69) is 181 Å². The first kappa shape index (κ1) is 28.4. The molecule has 0 N–H and O–H groups in total. The van der Waals surface area contributed by atoms with Crippen LogP contribution in [0.4, 0.5) is 11.4 Å². The highest BCUT2D eigenvalue weighted by Crippen LogP contribution is 2.43. The molecule has 0 unspecified atom stereocenters. The Morgan fingerprint density at radius 3 is 1.53 bits per heavy atom. The van der Waals surface area contributed by atoms with Crippen LogP contribution < -0.4 is 4.90 Å². The molecule has 9 aromatic rings. The number of anilines is 2. The number of rotatable bonds is 4. The van der Waals surface area contributed by atoms with Crippen LogP contribution in [0, 0.1) is 3.57 Å². The van der Waals surface area contributed by atoms with E-state index in [9.17, 15) is 0 Å². The standard InChI is InChI=1S/C46H29IN2/c1-2-12-36(13-3-1)49-42-17-9-8-16-41(42)47-46(49)35-24-20-31(21-25-35)30-18-22-34(23-19-30)43-39-28-26-32-10-4-6-14-37(32)44(39)48-45-38-15-7-5-11-33(38)27-29-40(43)45/h1-29H. The largest absolute Gasteiger partial charge is 0.304 e. The lowest BCUT2D eigenvalue weighted by molar-refractivity contribution is 1.35. The quantitative estimate of drug-likeness (QED) is 0.102. The minimum absolute atomic E-state index is 0.300. The van der Waals surface area contributed by atoms with Crippen LogP contribution in [0.25, 0.3) is 65.6 Å². The van der Waals surface area contributed by atoms with Crippen LogP contribution in [-0.4, -0.2) is 8.62 Å². The van der Waals surface area contributed by atoms with Gasteiger partial charge in [-0.15, -0.1) is 0 Å². The Bertz CT molecular complexity index is 2660. The van der Waals surface area contributed by atoms with Crippen molar-refractivity contribution in [2.24, 2.45) is 0 Å². The highest BCUT2D eigenvalue weighted by molar-refractivity contribution is 14.2. The van der Waals surface area contributed by atoms with Crippen LogP contribution >= 0.6 is 20.7 Å². The Hall–Kier alpha value is -5.65. The van der Waals surface area contributed by atoms with Gasteiger partial charge in [-0.05, 0) is 51.7 Å². The lowest BCUT2D eigenvalue weighted by atomic mass is 9.91. The zero-order chi connectivity index (χ0) is 32.3. The molecule has 2 nitrogen and oxygen atoms in total. The zero-order valence-electron chi connectivity index (χ0n) is 26.5. The van der Waals surface area contributed by atoms with Crippen LogP contribution in [0.15, 0.2) is 176 Å². The van der Waals surface area contributed by atoms with E-state index in [1.807, 2.05) is 0 Å². The molecule has 8 aromatic carbocycles. The Labute approximate surface area is 294 Å². The predicted octanol–water partition coefficient (Wildman–Crippen LogP) is 12.5. The molecule has 0 spiro atoms. The average molecular weight is 737 g/mol. The lowest BCUT2D eigenvalue weighted by Gasteiger charge is -2.23. The van der Waals surface area contributed by atoms with Crippen molar-refractivity contribution in [3.63, 3.8) is 0 Å². The van der Waals surface area contributed by atoms with Crippen LogP contribution in [0.1, 0.15) is 5.56 Å². The summed E-state index contributed by atoms with van der Waals surface area (Å²) in [6.07, 6.45) is 0. The van der Waals surface area contributed by atoms with Crippen molar-refractivity contribution >= 4 is 79.1 Å². The lowest BCUT2D eigenvalue weighted by Crippen LogP contribution is -2.22. The van der Waals surface area contributed by atoms with Gasteiger partial charge in [0.1, 0.15) is 0 Å². The van der Waals surface area contributed by atoms with Gasteiger partial charge in [-0.1, -0.05) is 172 Å². The molecule has 0 amide bonds. The average Bonchev–Trinajstić information content (AvgIpc) is 3.57. The number of hydrogen-bond donors (Lipinski definition) is 0. The summed E-state index contributed by atoms with van der Waals surface area (Å²) in [4.78, 5) is 7.82. The van der Waals surface area contributed by atoms with E-state index in [0.29, 0.717) is 0 Å². The Kier molecular flexibility index (Phi) is 6.66. The maximum Gasteiger partial charge on any atom is 0.0872 e. The van der Waals surface area contributed by atoms with Gasteiger partial charge in [0, 0.05) is 41.9 Å². The molecule has 49 heavy (non-hydrogen) atoms. The van der Waals surface area contributed by atoms with E-state index in [4.69, 9.17) is 4.98 Å². The SMILES string of the molecule is c1ccc(N2C(c3ccc(-c4ccc(-c5c6ccc7ccccc7c6nc6c5ccc5ccccc56)cc4)cc3)=Ic3ccccc32)cc1. The van der Waals surface area contributed by atoms with E-state index in [1.54, 1.807) is 0 Å². The summed E-state index contributed by atoms with van der Waals surface area (Å²) in [7, 11) is 0. The van der Waals surface area contributed by atoms with Crippen molar-refractivity contribution in [3.8, 4) is 22.3 Å². The van der Waals surface area contributed by atoms with Gasteiger partial charge in [-0.25, -0.2) is 4.98 Å². The predicted molar refractivity (Wildman–Crippen MR) is 217 cm³/mol. The van der Waals surface area contributed by atoms with E-state index < -0.39 is 0 Å². The van der Waals surface area contributed by atoms with Gasteiger partial charge in [0.2, 0.25) is 0 Å². The molecular weight excluding hydrogens is 707 g/mol. The van der Waals surface area contributed by atoms with E-state index in [1.165, 1.54) is 78.7 Å². The number of nitrogens with zero attached hydrogens (tertiary/aromatic N) is 2. The van der Waals surface area contributed by atoms with Crippen molar-refractivity contribution in [2.45, 2.75) is 0 Å². The van der Waals surface area contributed by atoms with Gasteiger partial charge < -0.3 is 4.90 Å². The molecule has 2 heterocycles. The van der Waals surface area contributed by atoms with Gasteiger partial charge in [0.15, 0.2) is 0 Å². The first-order valence-electron chi connectivity index (χ1n) is 16.6. The fourth-order valence-corrected chi connectivity index (χ4v) is 10.4. The van der Waals surface area contributed by atoms with Crippen molar-refractivity contribution in [1.29, 1.82) is 0 Å². The number of fused-ring (bicyclic) bond motifs is 7. The van der Waals surface area contributed by atoms with Gasteiger partial charge in [0.25, 0.3) is 0 Å². The third-order valence-corrected chi connectivity index (χ3v) is 12.8. The Balaban J connectivity index is 1.06. The third-order valence-electron chi connectivity index (χ3n) is 9.69. The molecular formula is C46H29IN2. The minimum Gasteiger partial charge on any atom is -0.304 e. The molecule has 0 saturated carbocycles. The first-order chi connectivity index (χ1) is 24.3. The highest BCUT2D eigenvalue weighted by Gasteiger charge is 2.25. The summed E-state index contributed by atoms with van der Waals surface area (Å²) in [6, 6.07) is 64.0. The summed E-state index contributed by atoms with van der Waals surface area (Å²) in [6.45, 7) is 0. The molecule has 0 atom stereocenters. The third kappa shape index (κ3) is 4.68. The topological polar surface area (TPSA) is 16.1 Å². The molecule has 230 valence electrons. The molecule has 0 fully saturated rings. The van der Waals surface area contributed by atoms with Crippen LogP contribution in [-0.2, 0) is 0 Å².